The van der Waals surface area contributed by atoms with Crippen LogP contribution in [0.15, 0.2) is 30.5 Å². The van der Waals surface area contributed by atoms with Gasteiger partial charge >= 0.3 is 0 Å². The highest BCUT2D eigenvalue weighted by atomic mass is 19.1. The molecule has 108 valence electrons. The molecule has 0 spiro atoms. The molecule has 2 nitrogen and oxygen atoms in total. The van der Waals surface area contributed by atoms with E-state index in [4.69, 9.17) is 0 Å². The predicted molar refractivity (Wildman–Crippen MR) is 70.6 cm³/mol. The molecule has 3 rings (SSSR count). The number of aryl methyl sites for hydroxylation is 1. The summed E-state index contributed by atoms with van der Waals surface area (Å²) < 4.78 is 40.5. The summed E-state index contributed by atoms with van der Waals surface area (Å²) in [4.78, 5) is 16.7. The summed E-state index contributed by atoms with van der Waals surface area (Å²) in [7, 11) is 0. The highest BCUT2D eigenvalue weighted by molar-refractivity contribution is 6.01. The van der Waals surface area contributed by atoms with Gasteiger partial charge in [0.1, 0.15) is 17.5 Å². The maximum atomic E-state index is 13.8. The fourth-order valence-corrected chi connectivity index (χ4v) is 2.82. The van der Waals surface area contributed by atoms with Gasteiger partial charge in [-0.25, -0.2) is 13.2 Å². The zero-order valence-corrected chi connectivity index (χ0v) is 11.1. The van der Waals surface area contributed by atoms with E-state index in [1.165, 1.54) is 0 Å². The molecule has 1 atom stereocenters. The van der Waals surface area contributed by atoms with Gasteiger partial charge in [0.05, 0.1) is 17.2 Å². The molecule has 1 unspecified atom stereocenters. The Morgan fingerprint density at radius 2 is 1.90 bits per heavy atom. The summed E-state index contributed by atoms with van der Waals surface area (Å²) in [5, 5.41) is 0. The van der Waals surface area contributed by atoms with Crippen LogP contribution in [0.5, 0.6) is 0 Å². The van der Waals surface area contributed by atoms with Gasteiger partial charge in [-0.1, -0.05) is 6.07 Å². The number of carbonyl (C=O) groups is 1. The van der Waals surface area contributed by atoms with Gasteiger partial charge in [-0.05, 0) is 30.9 Å². The highest BCUT2D eigenvalue weighted by Gasteiger charge is 2.32. The van der Waals surface area contributed by atoms with Crippen LogP contribution in [0, 0.1) is 17.5 Å². The molecule has 21 heavy (non-hydrogen) atoms. The van der Waals surface area contributed by atoms with Crippen molar-refractivity contribution in [1.82, 2.24) is 4.98 Å². The molecule has 0 saturated carbocycles. The van der Waals surface area contributed by atoms with Crippen molar-refractivity contribution in [3.05, 3.63) is 64.7 Å². The van der Waals surface area contributed by atoms with Crippen LogP contribution in [-0.2, 0) is 6.42 Å². The Bertz CT molecular complexity index is 691. The summed E-state index contributed by atoms with van der Waals surface area (Å²) in [5.41, 5.74) is 0.807. The number of ketones is 1. The molecular weight excluding hydrogens is 279 g/mol. The van der Waals surface area contributed by atoms with Gasteiger partial charge in [-0.2, -0.15) is 0 Å². The zero-order chi connectivity index (χ0) is 15.0. The number of pyridine rings is 1. The first-order valence-corrected chi connectivity index (χ1v) is 6.70. The summed E-state index contributed by atoms with van der Waals surface area (Å²) in [6, 6.07) is 4.68. The third-order valence-corrected chi connectivity index (χ3v) is 3.76. The second kappa shape index (κ2) is 5.31. The van der Waals surface area contributed by atoms with E-state index >= 15 is 0 Å². The standard InChI is InChI=1S/C16H12F3NO/c17-10-7-12(18)14(13(19)8-10)16(21)11-5-1-3-9-4-2-6-20-15(9)11/h2,4,6-8,11H,1,3,5H2. The van der Waals surface area contributed by atoms with Crippen molar-refractivity contribution in [1.29, 1.82) is 0 Å². The molecule has 0 N–H and O–H groups in total. The Morgan fingerprint density at radius 3 is 2.62 bits per heavy atom. The first kappa shape index (κ1) is 13.8. The van der Waals surface area contributed by atoms with E-state index in [0.717, 1.165) is 18.4 Å². The quantitative estimate of drug-likeness (QED) is 0.788. The van der Waals surface area contributed by atoms with Gasteiger partial charge in [0.15, 0.2) is 5.78 Å². The Labute approximate surface area is 119 Å². The topological polar surface area (TPSA) is 30.0 Å². The average Bonchev–Trinajstić information content (AvgIpc) is 2.45. The lowest BCUT2D eigenvalue weighted by molar-refractivity contribution is 0.0940. The van der Waals surface area contributed by atoms with Gasteiger partial charge in [0, 0.05) is 18.3 Å². The maximum Gasteiger partial charge on any atom is 0.177 e. The number of carbonyl (C=O) groups excluding carboxylic acids is 1. The number of hydrogen-bond donors (Lipinski definition) is 0. The zero-order valence-electron chi connectivity index (χ0n) is 11.1. The van der Waals surface area contributed by atoms with Crippen LogP contribution in [0.1, 0.15) is 40.4 Å². The van der Waals surface area contributed by atoms with Crippen molar-refractivity contribution < 1.29 is 18.0 Å². The molecule has 0 saturated heterocycles. The van der Waals surface area contributed by atoms with Crippen LogP contribution < -0.4 is 0 Å². The number of rotatable bonds is 2. The van der Waals surface area contributed by atoms with Crippen LogP contribution in [0.25, 0.3) is 0 Å². The predicted octanol–water partition coefficient (Wildman–Crippen LogP) is 3.80. The molecule has 0 amide bonds. The van der Waals surface area contributed by atoms with Crippen molar-refractivity contribution in [3.8, 4) is 0 Å². The molecule has 1 aromatic carbocycles. The fraction of sp³-hybridized carbons (Fsp3) is 0.250. The first-order chi connectivity index (χ1) is 10.1. The number of hydrogen-bond acceptors (Lipinski definition) is 2. The van der Waals surface area contributed by atoms with Crippen molar-refractivity contribution >= 4 is 5.78 Å². The third kappa shape index (κ3) is 2.44. The number of halogens is 3. The lowest BCUT2D eigenvalue weighted by Crippen LogP contribution is -2.22. The van der Waals surface area contributed by atoms with Crippen LogP contribution in [-0.4, -0.2) is 10.8 Å². The molecule has 0 fully saturated rings. The summed E-state index contributed by atoms with van der Waals surface area (Å²) in [5.74, 6) is -4.72. The van der Waals surface area contributed by atoms with E-state index in [1.54, 1.807) is 12.3 Å². The summed E-state index contributed by atoms with van der Waals surface area (Å²) in [6.45, 7) is 0. The molecule has 2 aromatic rings. The maximum absolute atomic E-state index is 13.8. The highest BCUT2D eigenvalue weighted by Crippen LogP contribution is 2.33. The normalized spacial score (nSPS) is 17.4. The van der Waals surface area contributed by atoms with Gasteiger partial charge < -0.3 is 0 Å². The van der Waals surface area contributed by atoms with Gasteiger partial charge in [-0.15, -0.1) is 0 Å². The number of Topliss-reactive ketones (excluding diaryl/α,β-unsaturated/α-hetero) is 1. The van der Waals surface area contributed by atoms with E-state index in [0.29, 0.717) is 24.2 Å². The second-order valence-electron chi connectivity index (χ2n) is 5.10. The fourth-order valence-electron chi connectivity index (χ4n) is 2.82. The van der Waals surface area contributed by atoms with Crippen LogP contribution >= 0.6 is 0 Å². The van der Waals surface area contributed by atoms with Crippen molar-refractivity contribution in [2.24, 2.45) is 0 Å². The molecular formula is C16H12F3NO. The Kier molecular flexibility index (Phi) is 3.49. The van der Waals surface area contributed by atoms with E-state index in [2.05, 4.69) is 4.98 Å². The first-order valence-electron chi connectivity index (χ1n) is 6.70. The summed E-state index contributed by atoms with van der Waals surface area (Å²) in [6.07, 6.45) is 3.59. The smallest absolute Gasteiger partial charge is 0.177 e. The minimum absolute atomic E-state index is 0.485. The lowest BCUT2D eigenvalue weighted by Gasteiger charge is -2.23. The van der Waals surface area contributed by atoms with Gasteiger partial charge in [0.25, 0.3) is 0 Å². The van der Waals surface area contributed by atoms with E-state index < -0.39 is 34.7 Å². The van der Waals surface area contributed by atoms with Crippen LogP contribution in [0.4, 0.5) is 13.2 Å². The second-order valence-corrected chi connectivity index (χ2v) is 5.10. The van der Waals surface area contributed by atoms with Gasteiger partial charge in [0.2, 0.25) is 0 Å². The third-order valence-electron chi connectivity index (χ3n) is 3.76. The minimum Gasteiger partial charge on any atom is -0.293 e. The lowest BCUT2D eigenvalue weighted by atomic mass is 9.82. The number of aromatic nitrogens is 1. The molecule has 0 bridgehead atoms. The molecule has 1 aliphatic rings. The molecule has 1 heterocycles. The number of benzene rings is 1. The molecule has 5 heteroatoms. The van der Waals surface area contributed by atoms with E-state index in [-0.39, 0.29) is 0 Å². The molecule has 0 radical (unpaired) electrons. The molecule has 1 aliphatic carbocycles. The SMILES string of the molecule is O=C(c1c(F)cc(F)cc1F)C1CCCc2cccnc21. The monoisotopic (exact) mass is 291 g/mol. The number of nitrogens with zero attached hydrogens (tertiary/aromatic N) is 1. The Balaban J connectivity index is 2.05. The largest absolute Gasteiger partial charge is 0.293 e. The molecule has 1 aromatic heterocycles. The Hall–Kier alpha value is -2.17. The van der Waals surface area contributed by atoms with E-state index in [1.807, 2.05) is 6.07 Å². The van der Waals surface area contributed by atoms with Crippen LogP contribution in [0.2, 0.25) is 0 Å². The average molecular weight is 291 g/mol. The van der Waals surface area contributed by atoms with Gasteiger partial charge in [-0.3, -0.25) is 9.78 Å². The van der Waals surface area contributed by atoms with Crippen molar-refractivity contribution in [3.63, 3.8) is 0 Å². The summed E-state index contributed by atoms with van der Waals surface area (Å²) >= 11 is 0. The minimum atomic E-state index is -1.17. The van der Waals surface area contributed by atoms with Crippen LogP contribution in [0.3, 0.4) is 0 Å². The Morgan fingerprint density at radius 1 is 1.19 bits per heavy atom. The molecule has 0 aliphatic heterocycles. The number of fused-ring (bicyclic) bond motifs is 1. The van der Waals surface area contributed by atoms with Crippen molar-refractivity contribution in [2.75, 3.05) is 0 Å². The van der Waals surface area contributed by atoms with Crippen molar-refractivity contribution in [2.45, 2.75) is 25.2 Å². The van der Waals surface area contributed by atoms with E-state index in [9.17, 15) is 18.0 Å².